The lowest BCUT2D eigenvalue weighted by Gasteiger charge is -2.04. The van der Waals surface area contributed by atoms with Crippen molar-refractivity contribution in [3.63, 3.8) is 0 Å². The van der Waals surface area contributed by atoms with Gasteiger partial charge in [-0.05, 0) is 6.42 Å². The van der Waals surface area contributed by atoms with E-state index in [1.165, 1.54) is 0 Å². The molecule has 52 valence electrons. The van der Waals surface area contributed by atoms with Crippen LogP contribution in [-0.2, 0) is 4.79 Å². The number of rotatable bonds is 3. The van der Waals surface area contributed by atoms with Crippen LogP contribution in [0.5, 0.6) is 0 Å². The molecule has 0 rings (SSSR count). The van der Waals surface area contributed by atoms with E-state index in [9.17, 15) is 4.79 Å². The molecule has 0 aromatic rings. The van der Waals surface area contributed by atoms with Crippen LogP contribution >= 0.6 is 0 Å². The van der Waals surface area contributed by atoms with Crippen molar-refractivity contribution in [1.82, 2.24) is 0 Å². The van der Waals surface area contributed by atoms with Crippen molar-refractivity contribution in [1.29, 1.82) is 0 Å². The second kappa shape index (κ2) is 3.25. The van der Waals surface area contributed by atoms with Gasteiger partial charge in [-0.1, -0.05) is 13.5 Å². The van der Waals surface area contributed by atoms with E-state index in [1.54, 1.807) is 6.92 Å². The molecule has 0 aliphatic rings. The van der Waals surface area contributed by atoms with E-state index in [0.29, 0.717) is 6.42 Å². The smallest absolute Gasteiger partial charge is 0.333 e. The fraction of sp³-hybridized carbons (Fsp3) is 0.500. The van der Waals surface area contributed by atoms with Gasteiger partial charge >= 0.3 is 5.97 Å². The first kappa shape index (κ1) is 8.17. The molecule has 3 heteroatoms. The largest absolute Gasteiger partial charge is 0.478 e. The average molecular weight is 130 g/mol. The minimum Gasteiger partial charge on any atom is -0.478 e. The fourth-order valence-corrected chi connectivity index (χ4v) is 0.389. The molecule has 0 saturated heterocycles. The van der Waals surface area contributed by atoms with Gasteiger partial charge in [0, 0.05) is 0 Å². The Balaban J connectivity index is 3.88. The standard InChI is InChI=1S/C6H10O3/c1-3-5(7)4(2)6(8)9/h5,7H,2-3H2,1H3,(H,8,9)/t5-/m1/s1. The SMILES string of the molecule is C=C(C(=O)O)[C@H](O)CC. The lowest BCUT2D eigenvalue weighted by Crippen LogP contribution is -2.15. The van der Waals surface area contributed by atoms with Gasteiger partial charge in [-0.3, -0.25) is 0 Å². The number of hydrogen-bond donors (Lipinski definition) is 2. The number of carboxylic acid groups (broad SMARTS) is 1. The van der Waals surface area contributed by atoms with Crippen molar-refractivity contribution >= 4 is 5.97 Å². The Morgan fingerprint density at radius 3 is 2.33 bits per heavy atom. The predicted molar refractivity (Wildman–Crippen MR) is 33.1 cm³/mol. The van der Waals surface area contributed by atoms with E-state index in [2.05, 4.69) is 6.58 Å². The molecule has 0 spiro atoms. The van der Waals surface area contributed by atoms with Crippen LogP contribution in [0.1, 0.15) is 13.3 Å². The van der Waals surface area contributed by atoms with Crippen LogP contribution in [0, 0.1) is 0 Å². The maximum atomic E-state index is 10.0. The predicted octanol–water partition coefficient (Wildman–Crippen LogP) is 0.398. The zero-order valence-corrected chi connectivity index (χ0v) is 5.29. The minimum absolute atomic E-state index is 0.141. The van der Waals surface area contributed by atoms with E-state index in [4.69, 9.17) is 10.2 Å². The van der Waals surface area contributed by atoms with E-state index >= 15 is 0 Å². The zero-order chi connectivity index (χ0) is 7.44. The molecule has 0 fully saturated rings. The van der Waals surface area contributed by atoms with Crippen molar-refractivity contribution < 1.29 is 15.0 Å². The van der Waals surface area contributed by atoms with Crippen molar-refractivity contribution in [2.75, 3.05) is 0 Å². The number of aliphatic hydroxyl groups excluding tert-OH is 1. The third-order valence-corrected chi connectivity index (χ3v) is 1.06. The molecule has 9 heavy (non-hydrogen) atoms. The summed E-state index contributed by atoms with van der Waals surface area (Å²) in [5.41, 5.74) is -0.141. The summed E-state index contributed by atoms with van der Waals surface area (Å²) in [6, 6.07) is 0. The lowest BCUT2D eigenvalue weighted by atomic mass is 10.1. The third-order valence-electron chi connectivity index (χ3n) is 1.06. The number of hydrogen-bond acceptors (Lipinski definition) is 2. The molecule has 0 radical (unpaired) electrons. The van der Waals surface area contributed by atoms with Gasteiger partial charge in [-0.2, -0.15) is 0 Å². The van der Waals surface area contributed by atoms with Crippen molar-refractivity contribution in [3.05, 3.63) is 12.2 Å². The molecule has 0 aliphatic carbocycles. The van der Waals surface area contributed by atoms with Gasteiger partial charge < -0.3 is 10.2 Å². The Bertz CT molecular complexity index is 128. The summed E-state index contributed by atoms with van der Waals surface area (Å²) in [4.78, 5) is 10.0. The molecule has 0 aliphatic heterocycles. The molecule has 0 amide bonds. The Morgan fingerprint density at radius 1 is 1.78 bits per heavy atom. The summed E-state index contributed by atoms with van der Waals surface area (Å²) in [5, 5.41) is 17.0. The molecule has 0 unspecified atom stereocenters. The Morgan fingerprint density at radius 2 is 2.22 bits per heavy atom. The van der Waals surface area contributed by atoms with Gasteiger partial charge in [0.1, 0.15) is 0 Å². The van der Waals surface area contributed by atoms with Gasteiger partial charge in [0.25, 0.3) is 0 Å². The van der Waals surface area contributed by atoms with Gasteiger partial charge in [0.2, 0.25) is 0 Å². The molecule has 0 saturated carbocycles. The first-order valence-electron chi connectivity index (χ1n) is 2.69. The Labute approximate surface area is 53.6 Å². The zero-order valence-electron chi connectivity index (χ0n) is 5.29. The fourth-order valence-electron chi connectivity index (χ4n) is 0.389. The monoisotopic (exact) mass is 130 g/mol. The van der Waals surface area contributed by atoms with Gasteiger partial charge in [-0.25, -0.2) is 4.79 Å². The van der Waals surface area contributed by atoms with Gasteiger partial charge in [0.15, 0.2) is 0 Å². The van der Waals surface area contributed by atoms with Crippen LogP contribution in [0.2, 0.25) is 0 Å². The Hall–Kier alpha value is -0.830. The number of aliphatic hydroxyl groups is 1. The third kappa shape index (κ3) is 2.28. The summed E-state index contributed by atoms with van der Waals surface area (Å²) in [6.45, 7) is 4.87. The molecule has 0 heterocycles. The van der Waals surface area contributed by atoms with E-state index in [1.807, 2.05) is 0 Å². The maximum absolute atomic E-state index is 10.0. The molecule has 1 atom stereocenters. The first-order valence-corrected chi connectivity index (χ1v) is 2.69. The van der Waals surface area contributed by atoms with Crippen LogP contribution in [0.25, 0.3) is 0 Å². The van der Waals surface area contributed by atoms with Crippen LogP contribution < -0.4 is 0 Å². The van der Waals surface area contributed by atoms with Crippen molar-refractivity contribution in [2.45, 2.75) is 19.4 Å². The van der Waals surface area contributed by atoms with Crippen molar-refractivity contribution in [3.8, 4) is 0 Å². The van der Waals surface area contributed by atoms with E-state index in [-0.39, 0.29) is 5.57 Å². The summed E-state index contributed by atoms with van der Waals surface area (Å²) >= 11 is 0. The molecular formula is C6H10O3. The van der Waals surface area contributed by atoms with Crippen LogP contribution in [0.3, 0.4) is 0 Å². The summed E-state index contributed by atoms with van der Waals surface area (Å²) < 4.78 is 0. The van der Waals surface area contributed by atoms with Crippen molar-refractivity contribution in [2.24, 2.45) is 0 Å². The number of aliphatic carboxylic acids is 1. The van der Waals surface area contributed by atoms with E-state index in [0.717, 1.165) is 0 Å². The highest BCUT2D eigenvalue weighted by atomic mass is 16.4. The molecule has 0 aromatic heterocycles. The second-order valence-electron chi connectivity index (χ2n) is 1.75. The summed E-state index contributed by atoms with van der Waals surface area (Å²) in [6.07, 6.45) is -0.506. The second-order valence-corrected chi connectivity index (χ2v) is 1.75. The minimum atomic E-state index is -1.13. The van der Waals surface area contributed by atoms with Gasteiger partial charge in [-0.15, -0.1) is 0 Å². The van der Waals surface area contributed by atoms with E-state index < -0.39 is 12.1 Å². The molecule has 3 nitrogen and oxygen atoms in total. The van der Waals surface area contributed by atoms with Crippen LogP contribution in [0.4, 0.5) is 0 Å². The normalized spacial score (nSPS) is 12.7. The number of carboxylic acids is 1. The molecule has 0 bridgehead atoms. The van der Waals surface area contributed by atoms with Crippen LogP contribution in [-0.4, -0.2) is 22.3 Å². The molecular weight excluding hydrogens is 120 g/mol. The molecule has 0 aromatic carbocycles. The first-order chi connectivity index (χ1) is 4.09. The Kier molecular flexibility index (Phi) is 2.95. The maximum Gasteiger partial charge on any atom is 0.333 e. The van der Waals surface area contributed by atoms with Crippen LogP contribution in [0.15, 0.2) is 12.2 Å². The lowest BCUT2D eigenvalue weighted by molar-refractivity contribution is -0.133. The average Bonchev–Trinajstić information content (AvgIpc) is 1.84. The topological polar surface area (TPSA) is 57.5 Å². The summed E-state index contributed by atoms with van der Waals surface area (Å²) in [5.74, 6) is -1.13. The highest BCUT2D eigenvalue weighted by molar-refractivity contribution is 5.86. The highest BCUT2D eigenvalue weighted by Crippen LogP contribution is 2.02. The summed E-state index contributed by atoms with van der Waals surface area (Å²) in [7, 11) is 0. The van der Waals surface area contributed by atoms with Gasteiger partial charge in [0.05, 0.1) is 11.7 Å². The number of carbonyl (C=O) groups is 1. The highest BCUT2D eigenvalue weighted by Gasteiger charge is 2.11. The molecule has 2 N–H and O–H groups in total. The quantitative estimate of drug-likeness (QED) is 0.543.